The lowest BCUT2D eigenvalue weighted by molar-refractivity contribution is 0.287. The Morgan fingerprint density at radius 2 is 2.14 bits per heavy atom. The van der Waals surface area contributed by atoms with E-state index in [2.05, 4.69) is 0 Å². The molecule has 0 heterocycles. The van der Waals surface area contributed by atoms with Crippen LogP contribution < -0.4 is 5.73 Å². The predicted octanol–water partition coefficient (Wildman–Crippen LogP) is 2.27. The Hall–Kier alpha value is -0.740. The van der Waals surface area contributed by atoms with Gasteiger partial charge in [0.25, 0.3) is 0 Å². The van der Waals surface area contributed by atoms with Crippen LogP contribution in [0.4, 0.5) is 10.1 Å². The molecular weight excluding hydrogens is 201 g/mol. The van der Waals surface area contributed by atoms with Crippen LogP contribution in [0.1, 0.15) is 12.8 Å². The highest BCUT2D eigenvalue weighted by Crippen LogP contribution is 2.22. The number of nitrogens with two attached hydrogens (primary N) is 1. The number of aliphatic hydroxyl groups is 1. The fraction of sp³-hybridized carbons (Fsp3) is 0.400. The monoisotopic (exact) mass is 215 g/mol. The summed E-state index contributed by atoms with van der Waals surface area (Å²) in [6.45, 7) is 0.219. The molecule has 0 aromatic heterocycles. The van der Waals surface area contributed by atoms with Gasteiger partial charge in [-0.05, 0) is 36.8 Å². The van der Waals surface area contributed by atoms with Crippen LogP contribution in [0.25, 0.3) is 0 Å². The first-order valence-electron chi connectivity index (χ1n) is 4.52. The molecule has 0 saturated heterocycles. The van der Waals surface area contributed by atoms with E-state index in [4.69, 9.17) is 10.8 Å². The van der Waals surface area contributed by atoms with E-state index in [1.54, 1.807) is 17.8 Å². The number of anilines is 1. The molecule has 4 heteroatoms. The highest BCUT2D eigenvalue weighted by atomic mass is 32.2. The van der Waals surface area contributed by atoms with Crippen molar-refractivity contribution >= 4 is 17.4 Å². The van der Waals surface area contributed by atoms with Gasteiger partial charge in [0.05, 0.1) is 5.69 Å². The molecule has 0 spiro atoms. The summed E-state index contributed by atoms with van der Waals surface area (Å²) in [5, 5.41) is 8.56. The second-order valence-corrected chi connectivity index (χ2v) is 4.13. The van der Waals surface area contributed by atoms with Gasteiger partial charge in [-0.15, -0.1) is 11.8 Å². The predicted molar refractivity (Wildman–Crippen MR) is 57.9 cm³/mol. The largest absolute Gasteiger partial charge is 0.396 e. The van der Waals surface area contributed by atoms with Crippen molar-refractivity contribution in [1.82, 2.24) is 0 Å². The van der Waals surface area contributed by atoms with Gasteiger partial charge in [-0.3, -0.25) is 0 Å². The van der Waals surface area contributed by atoms with Gasteiger partial charge in [0.2, 0.25) is 0 Å². The van der Waals surface area contributed by atoms with E-state index in [9.17, 15) is 4.39 Å². The van der Waals surface area contributed by atoms with E-state index in [-0.39, 0.29) is 18.1 Å². The molecule has 2 nitrogen and oxygen atoms in total. The van der Waals surface area contributed by atoms with Crippen molar-refractivity contribution in [2.75, 3.05) is 18.1 Å². The summed E-state index contributed by atoms with van der Waals surface area (Å²) in [6.07, 6.45) is 1.73. The van der Waals surface area contributed by atoms with Gasteiger partial charge in [-0.1, -0.05) is 0 Å². The van der Waals surface area contributed by atoms with Crippen LogP contribution in [-0.2, 0) is 0 Å². The Labute approximate surface area is 87.3 Å². The average Bonchev–Trinajstić information content (AvgIpc) is 2.18. The van der Waals surface area contributed by atoms with Crippen molar-refractivity contribution in [2.45, 2.75) is 17.7 Å². The number of halogens is 1. The topological polar surface area (TPSA) is 46.2 Å². The fourth-order valence-corrected chi connectivity index (χ4v) is 1.94. The van der Waals surface area contributed by atoms with Crippen LogP contribution in [-0.4, -0.2) is 17.5 Å². The fourth-order valence-electron chi connectivity index (χ4n) is 1.00. The third-order valence-electron chi connectivity index (χ3n) is 1.79. The van der Waals surface area contributed by atoms with Crippen LogP contribution in [0.3, 0.4) is 0 Å². The third-order valence-corrected chi connectivity index (χ3v) is 2.87. The maximum atomic E-state index is 13.0. The van der Waals surface area contributed by atoms with Crippen molar-refractivity contribution < 1.29 is 9.50 Å². The molecule has 0 amide bonds. The van der Waals surface area contributed by atoms with E-state index in [0.717, 1.165) is 23.5 Å². The number of thioether (sulfide) groups is 1. The number of hydrogen-bond donors (Lipinski definition) is 2. The van der Waals surface area contributed by atoms with Crippen LogP contribution in [0.2, 0.25) is 0 Å². The van der Waals surface area contributed by atoms with Gasteiger partial charge in [0.15, 0.2) is 0 Å². The van der Waals surface area contributed by atoms with Gasteiger partial charge in [-0.2, -0.15) is 0 Å². The minimum atomic E-state index is -0.364. The van der Waals surface area contributed by atoms with E-state index in [1.165, 1.54) is 6.07 Å². The summed E-state index contributed by atoms with van der Waals surface area (Å²) in [5.41, 5.74) is 5.53. The summed E-state index contributed by atoms with van der Waals surface area (Å²) in [4.78, 5) is 0.884. The molecule has 1 rings (SSSR count). The van der Waals surface area contributed by atoms with E-state index >= 15 is 0 Å². The van der Waals surface area contributed by atoms with E-state index < -0.39 is 0 Å². The third kappa shape index (κ3) is 3.55. The number of aliphatic hydroxyl groups excluding tert-OH is 1. The van der Waals surface area contributed by atoms with Gasteiger partial charge < -0.3 is 10.8 Å². The molecule has 3 N–H and O–H groups in total. The first kappa shape index (κ1) is 11.3. The highest BCUT2D eigenvalue weighted by Gasteiger charge is 2.00. The lowest BCUT2D eigenvalue weighted by Gasteiger charge is -2.02. The molecule has 78 valence electrons. The van der Waals surface area contributed by atoms with Crippen LogP contribution >= 0.6 is 11.8 Å². The zero-order chi connectivity index (χ0) is 10.4. The van der Waals surface area contributed by atoms with E-state index in [1.807, 2.05) is 6.07 Å². The standard InChI is InChI=1S/C10H14FNOS/c11-9-7-8(3-4-10(9)12)14-6-2-1-5-13/h3-4,7,13H,1-2,5-6,12H2. The van der Waals surface area contributed by atoms with Crippen LogP contribution in [0, 0.1) is 5.82 Å². The van der Waals surface area contributed by atoms with Crippen molar-refractivity contribution in [2.24, 2.45) is 0 Å². The normalized spacial score (nSPS) is 10.4. The number of hydrogen-bond acceptors (Lipinski definition) is 3. The average molecular weight is 215 g/mol. The zero-order valence-corrected chi connectivity index (χ0v) is 8.69. The molecule has 1 aromatic rings. The van der Waals surface area contributed by atoms with Crippen molar-refractivity contribution in [1.29, 1.82) is 0 Å². The first-order chi connectivity index (χ1) is 6.74. The van der Waals surface area contributed by atoms with Crippen LogP contribution in [0.5, 0.6) is 0 Å². The summed E-state index contributed by atoms with van der Waals surface area (Å²) in [7, 11) is 0. The lowest BCUT2D eigenvalue weighted by atomic mass is 10.3. The zero-order valence-electron chi connectivity index (χ0n) is 7.87. The Morgan fingerprint density at radius 1 is 1.36 bits per heavy atom. The number of rotatable bonds is 5. The summed E-state index contributed by atoms with van der Waals surface area (Å²) < 4.78 is 13.0. The van der Waals surface area contributed by atoms with Gasteiger partial charge in [0.1, 0.15) is 5.82 Å². The first-order valence-corrected chi connectivity index (χ1v) is 5.51. The molecule has 0 aliphatic carbocycles. The molecule has 14 heavy (non-hydrogen) atoms. The van der Waals surface area contributed by atoms with Crippen molar-refractivity contribution in [3.05, 3.63) is 24.0 Å². The van der Waals surface area contributed by atoms with Crippen LogP contribution in [0.15, 0.2) is 23.1 Å². The molecule has 0 radical (unpaired) electrons. The lowest BCUT2D eigenvalue weighted by Crippen LogP contribution is -1.90. The molecule has 0 saturated carbocycles. The van der Waals surface area contributed by atoms with Gasteiger partial charge >= 0.3 is 0 Å². The quantitative estimate of drug-likeness (QED) is 0.450. The summed E-state index contributed by atoms with van der Waals surface area (Å²) in [5.74, 6) is 0.529. The Bertz CT molecular complexity index is 293. The maximum Gasteiger partial charge on any atom is 0.147 e. The Kier molecular flexibility index (Phi) is 4.76. The molecule has 0 atom stereocenters. The highest BCUT2D eigenvalue weighted by molar-refractivity contribution is 7.99. The minimum absolute atomic E-state index is 0.185. The molecule has 0 aliphatic rings. The number of nitrogen functional groups attached to an aromatic ring is 1. The number of benzene rings is 1. The van der Waals surface area contributed by atoms with Gasteiger partial charge in [-0.25, -0.2) is 4.39 Å². The number of unbranched alkanes of at least 4 members (excludes halogenated alkanes) is 1. The SMILES string of the molecule is Nc1ccc(SCCCCO)cc1F. The minimum Gasteiger partial charge on any atom is -0.396 e. The molecule has 0 unspecified atom stereocenters. The van der Waals surface area contributed by atoms with E-state index in [0.29, 0.717) is 0 Å². The Balaban J connectivity index is 2.39. The molecule has 0 aliphatic heterocycles. The Morgan fingerprint density at radius 3 is 2.79 bits per heavy atom. The second kappa shape index (κ2) is 5.88. The molecule has 0 fully saturated rings. The summed E-state index contributed by atoms with van der Waals surface area (Å²) in [6, 6.07) is 4.82. The molecular formula is C10H14FNOS. The molecule has 1 aromatic carbocycles. The molecule has 0 bridgehead atoms. The maximum absolute atomic E-state index is 13.0. The smallest absolute Gasteiger partial charge is 0.147 e. The van der Waals surface area contributed by atoms with Gasteiger partial charge in [0, 0.05) is 11.5 Å². The summed E-state index contributed by atoms with van der Waals surface area (Å²) >= 11 is 1.58. The van der Waals surface area contributed by atoms with Crippen molar-refractivity contribution in [3.8, 4) is 0 Å². The van der Waals surface area contributed by atoms with Crippen molar-refractivity contribution in [3.63, 3.8) is 0 Å². The second-order valence-electron chi connectivity index (χ2n) is 2.96.